The predicted octanol–water partition coefficient (Wildman–Crippen LogP) is 1.64. The Hall–Kier alpha value is -1.36. The van der Waals surface area contributed by atoms with Crippen molar-refractivity contribution in [1.82, 2.24) is 5.32 Å². The van der Waals surface area contributed by atoms with Crippen molar-refractivity contribution in [2.75, 3.05) is 18.6 Å². The van der Waals surface area contributed by atoms with Crippen LogP contribution in [-0.4, -0.2) is 35.7 Å². The van der Waals surface area contributed by atoms with Crippen LogP contribution in [0.15, 0.2) is 18.2 Å². The highest BCUT2D eigenvalue weighted by Gasteiger charge is 2.20. The van der Waals surface area contributed by atoms with Crippen molar-refractivity contribution >= 4 is 17.7 Å². The Balaban J connectivity index is 2.11. The average Bonchev–Trinajstić information content (AvgIpc) is 2.82. The van der Waals surface area contributed by atoms with Crippen LogP contribution in [0, 0.1) is 0 Å². The summed E-state index contributed by atoms with van der Waals surface area (Å²) in [6.07, 6.45) is 0.987. The van der Waals surface area contributed by atoms with E-state index in [2.05, 4.69) is 5.32 Å². The number of aromatic hydroxyl groups is 1. The Morgan fingerprint density at radius 3 is 3.06 bits per heavy atom. The van der Waals surface area contributed by atoms with Gasteiger partial charge in [0.25, 0.3) is 5.91 Å². The van der Waals surface area contributed by atoms with E-state index >= 15 is 0 Å². The molecule has 0 bridgehead atoms. The molecule has 1 amide bonds. The molecule has 1 aromatic carbocycles. The zero-order valence-electron chi connectivity index (χ0n) is 9.60. The quantitative estimate of drug-likeness (QED) is 0.859. The van der Waals surface area contributed by atoms with Crippen LogP contribution in [0.1, 0.15) is 16.8 Å². The first-order chi connectivity index (χ1) is 8.20. The fraction of sp³-hybridized carbons (Fsp3) is 0.417. The number of carbonyl (C=O) groups excluding carboxylic acids is 1. The van der Waals surface area contributed by atoms with E-state index < -0.39 is 0 Å². The molecule has 2 rings (SSSR count). The van der Waals surface area contributed by atoms with Gasteiger partial charge in [-0.05, 0) is 30.4 Å². The molecule has 0 radical (unpaired) electrons. The molecule has 1 saturated heterocycles. The summed E-state index contributed by atoms with van der Waals surface area (Å²) in [6, 6.07) is 4.85. The third-order valence-electron chi connectivity index (χ3n) is 2.71. The minimum atomic E-state index is -0.242. The highest BCUT2D eigenvalue weighted by Crippen LogP contribution is 2.24. The van der Waals surface area contributed by atoms with Crippen molar-refractivity contribution in [1.29, 1.82) is 0 Å². The van der Waals surface area contributed by atoms with Crippen LogP contribution in [0.2, 0.25) is 0 Å². The largest absolute Gasteiger partial charge is 0.507 e. The topological polar surface area (TPSA) is 58.6 Å². The number of methoxy groups -OCH3 is 1. The molecular weight excluding hydrogens is 238 g/mol. The van der Waals surface area contributed by atoms with E-state index in [0.717, 1.165) is 17.9 Å². The minimum Gasteiger partial charge on any atom is -0.507 e. The lowest BCUT2D eigenvalue weighted by Gasteiger charge is -2.12. The van der Waals surface area contributed by atoms with E-state index in [4.69, 9.17) is 4.74 Å². The highest BCUT2D eigenvalue weighted by molar-refractivity contribution is 7.99. The summed E-state index contributed by atoms with van der Waals surface area (Å²) in [5, 5.41) is 12.6. The van der Waals surface area contributed by atoms with Crippen molar-refractivity contribution in [3.05, 3.63) is 23.8 Å². The highest BCUT2D eigenvalue weighted by atomic mass is 32.2. The number of hydrogen-bond donors (Lipinski definition) is 2. The molecule has 17 heavy (non-hydrogen) atoms. The van der Waals surface area contributed by atoms with E-state index in [1.54, 1.807) is 12.1 Å². The lowest BCUT2D eigenvalue weighted by molar-refractivity contribution is 0.0938. The molecule has 1 aromatic rings. The number of phenolic OH excluding ortho intramolecular Hbond substituents is 1. The Morgan fingerprint density at radius 1 is 1.59 bits per heavy atom. The number of ether oxygens (including phenoxy) is 1. The third-order valence-corrected chi connectivity index (χ3v) is 3.88. The number of benzene rings is 1. The summed E-state index contributed by atoms with van der Waals surface area (Å²) < 4.78 is 5.03. The van der Waals surface area contributed by atoms with Gasteiger partial charge < -0.3 is 15.2 Å². The van der Waals surface area contributed by atoms with Gasteiger partial charge in [-0.1, -0.05) is 0 Å². The molecule has 1 atom stereocenters. The third kappa shape index (κ3) is 2.85. The molecule has 1 fully saturated rings. The molecular formula is C12H15NO3S. The van der Waals surface area contributed by atoms with Crippen LogP contribution in [0.25, 0.3) is 0 Å². The molecule has 0 saturated carbocycles. The smallest absolute Gasteiger partial charge is 0.255 e. The van der Waals surface area contributed by atoms with E-state index in [1.807, 2.05) is 11.8 Å². The van der Waals surface area contributed by atoms with Crippen LogP contribution < -0.4 is 10.1 Å². The summed E-state index contributed by atoms with van der Waals surface area (Å²) in [7, 11) is 1.53. The van der Waals surface area contributed by atoms with Gasteiger partial charge in [-0.2, -0.15) is 11.8 Å². The summed E-state index contributed by atoms with van der Waals surface area (Å²) in [5.74, 6) is 2.32. The Morgan fingerprint density at radius 2 is 2.41 bits per heavy atom. The summed E-state index contributed by atoms with van der Waals surface area (Å²) in [6.45, 7) is 0. The van der Waals surface area contributed by atoms with Gasteiger partial charge in [0.2, 0.25) is 0 Å². The van der Waals surface area contributed by atoms with Crippen molar-refractivity contribution < 1.29 is 14.6 Å². The van der Waals surface area contributed by atoms with Gasteiger partial charge in [0, 0.05) is 11.8 Å². The number of carbonyl (C=O) groups is 1. The van der Waals surface area contributed by atoms with Crippen LogP contribution in [0.4, 0.5) is 0 Å². The Bertz CT molecular complexity index is 416. The molecule has 0 spiro atoms. The maximum atomic E-state index is 12.0. The molecule has 1 heterocycles. The second-order valence-electron chi connectivity index (χ2n) is 3.92. The number of hydrogen-bond acceptors (Lipinski definition) is 4. The lowest BCUT2D eigenvalue weighted by Crippen LogP contribution is -2.34. The Kier molecular flexibility index (Phi) is 3.78. The number of thioether (sulfide) groups is 1. The van der Waals surface area contributed by atoms with Crippen molar-refractivity contribution in [2.45, 2.75) is 12.5 Å². The fourth-order valence-electron chi connectivity index (χ4n) is 1.74. The van der Waals surface area contributed by atoms with Crippen molar-refractivity contribution in [3.63, 3.8) is 0 Å². The SMILES string of the molecule is COc1ccc(O)c(C(=O)NC2CCSC2)c1. The first kappa shape index (κ1) is 12.1. The van der Waals surface area contributed by atoms with Crippen molar-refractivity contribution in [2.24, 2.45) is 0 Å². The van der Waals surface area contributed by atoms with Gasteiger partial charge in [-0.15, -0.1) is 0 Å². The van der Waals surface area contributed by atoms with Crippen LogP contribution in [-0.2, 0) is 0 Å². The maximum absolute atomic E-state index is 12.0. The number of nitrogens with one attached hydrogen (secondary N) is 1. The minimum absolute atomic E-state index is 0.0195. The molecule has 0 aliphatic carbocycles. The summed E-state index contributed by atoms with van der Waals surface area (Å²) in [4.78, 5) is 12.0. The van der Waals surface area contributed by atoms with Gasteiger partial charge >= 0.3 is 0 Å². The molecule has 1 unspecified atom stereocenters. The average molecular weight is 253 g/mol. The number of phenols is 1. The van der Waals surface area contributed by atoms with Crippen LogP contribution in [0.5, 0.6) is 11.5 Å². The summed E-state index contributed by atoms with van der Waals surface area (Å²) in [5.41, 5.74) is 0.265. The molecule has 4 nitrogen and oxygen atoms in total. The Labute approximate surface area is 104 Å². The molecule has 1 aliphatic rings. The predicted molar refractivity (Wildman–Crippen MR) is 67.9 cm³/mol. The fourth-order valence-corrected chi connectivity index (χ4v) is 2.89. The molecule has 2 N–H and O–H groups in total. The molecule has 0 aromatic heterocycles. The van der Waals surface area contributed by atoms with E-state index in [9.17, 15) is 9.90 Å². The van der Waals surface area contributed by atoms with Gasteiger partial charge in [0.1, 0.15) is 11.5 Å². The van der Waals surface area contributed by atoms with Gasteiger partial charge in [-0.25, -0.2) is 0 Å². The monoisotopic (exact) mass is 253 g/mol. The second kappa shape index (κ2) is 5.31. The lowest BCUT2D eigenvalue weighted by atomic mass is 10.1. The zero-order valence-corrected chi connectivity index (χ0v) is 10.4. The van der Waals surface area contributed by atoms with Crippen LogP contribution in [0.3, 0.4) is 0 Å². The number of amides is 1. The normalized spacial score (nSPS) is 19.0. The van der Waals surface area contributed by atoms with Gasteiger partial charge in [0.15, 0.2) is 0 Å². The van der Waals surface area contributed by atoms with Crippen LogP contribution >= 0.6 is 11.8 Å². The van der Waals surface area contributed by atoms with E-state index in [0.29, 0.717) is 5.75 Å². The van der Waals surface area contributed by atoms with E-state index in [1.165, 1.54) is 13.2 Å². The zero-order chi connectivity index (χ0) is 12.3. The van der Waals surface area contributed by atoms with E-state index in [-0.39, 0.29) is 23.3 Å². The molecule has 5 heteroatoms. The standard InChI is InChI=1S/C12H15NO3S/c1-16-9-2-3-11(14)10(6-9)12(15)13-8-4-5-17-7-8/h2-3,6,8,14H,4-5,7H2,1H3,(H,13,15). The second-order valence-corrected chi connectivity index (χ2v) is 5.07. The number of rotatable bonds is 3. The first-order valence-electron chi connectivity index (χ1n) is 5.46. The van der Waals surface area contributed by atoms with Gasteiger partial charge in [0.05, 0.1) is 12.7 Å². The molecule has 92 valence electrons. The molecule has 1 aliphatic heterocycles. The van der Waals surface area contributed by atoms with Gasteiger partial charge in [-0.3, -0.25) is 4.79 Å². The van der Waals surface area contributed by atoms with Crippen molar-refractivity contribution in [3.8, 4) is 11.5 Å². The maximum Gasteiger partial charge on any atom is 0.255 e. The summed E-state index contributed by atoms with van der Waals surface area (Å²) >= 11 is 1.83. The first-order valence-corrected chi connectivity index (χ1v) is 6.62.